The van der Waals surface area contributed by atoms with Gasteiger partial charge in [0.2, 0.25) is 0 Å². The van der Waals surface area contributed by atoms with E-state index in [1.54, 1.807) is 29.9 Å². The van der Waals surface area contributed by atoms with Gasteiger partial charge in [0.1, 0.15) is 11.4 Å². The number of carbonyl (C=O) groups is 1. The lowest BCUT2D eigenvalue weighted by atomic mass is 9.93. The second kappa shape index (κ2) is 9.78. The zero-order valence-electron chi connectivity index (χ0n) is 17.8. The number of nitrogens with zero attached hydrogens (tertiary/aromatic N) is 3. The van der Waals surface area contributed by atoms with Gasteiger partial charge in [0, 0.05) is 25.4 Å². The Morgan fingerprint density at radius 2 is 1.77 bits per heavy atom. The summed E-state index contributed by atoms with van der Waals surface area (Å²) in [5.41, 5.74) is 8.46. The summed E-state index contributed by atoms with van der Waals surface area (Å²) in [6, 6.07) is 17.3. The minimum atomic E-state index is -0.176. The zero-order valence-corrected chi connectivity index (χ0v) is 18.6. The van der Waals surface area contributed by atoms with Gasteiger partial charge in [-0.05, 0) is 36.2 Å². The highest BCUT2D eigenvalue weighted by atomic mass is 35.5. The van der Waals surface area contributed by atoms with E-state index in [0.29, 0.717) is 30.1 Å². The van der Waals surface area contributed by atoms with Crippen molar-refractivity contribution in [3.63, 3.8) is 0 Å². The van der Waals surface area contributed by atoms with Crippen LogP contribution in [-0.2, 0) is 0 Å². The lowest BCUT2D eigenvalue weighted by molar-refractivity contribution is 0.0741. The number of amides is 1. The normalized spacial score (nSPS) is 11.0. The van der Waals surface area contributed by atoms with Crippen molar-refractivity contribution < 1.29 is 9.53 Å². The van der Waals surface area contributed by atoms with Gasteiger partial charge >= 0.3 is 0 Å². The van der Waals surface area contributed by atoms with E-state index in [4.69, 9.17) is 15.6 Å². The average molecular weight is 429 g/mol. The van der Waals surface area contributed by atoms with Crippen molar-refractivity contribution in [1.82, 2.24) is 14.7 Å². The Morgan fingerprint density at radius 1 is 1.13 bits per heavy atom. The SMILES string of the molecule is COc1ccccc1-c1nn(-c2ccccc2)cc1C(=O)N(C)CC(C)(C)CN.Cl. The van der Waals surface area contributed by atoms with Crippen LogP contribution in [0.4, 0.5) is 0 Å². The van der Waals surface area contributed by atoms with Crippen LogP contribution in [0.25, 0.3) is 16.9 Å². The van der Waals surface area contributed by atoms with Gasteiger partial charge in [-0.2, -0.15) is 5.10 Å². The molecule has 6 nitrogen and oxygen atoms in total. The monoisotopic (exact) mass is 428 g/mol. The Labute approximate surface area is 184 Å². The van der Waals surface area contributed by atoms with E-state index in [0.717, 1.165) is 11.3 Å². The molecule has 160 valence electrons. The van der Waals surface area contributed by atoms with Crippen LogP contribution >= 0.6 is 12.4 Å². The van der Waals surface area contributed by atoms with E-state index in [2.05, 4.69) is 0 Å². The van der Waals surface area contributed by atoms with Gasteiger partial charge in [-0.1, -0.05) is 44.2 Å². The Kier molecular flexibility index (Phi) is 7.65. The van der Waals surface area contributed by atoms with E-state index < -0.39 is 0 Å². The molecule has 1 aromatic heterocycles. The predicted octanol–water partition coefficient (Wildman–Crippen LogP) is 4.03. The van der Waals surface area contributed by atoms with Gasteiger partial charge in [-0.3, -0.25) is 4.79 Å². The molecular weight excluding hydrogens is 400 g/mol. The number of para-hydroxylation sites is 2. The maximum absolute atomic E-state index is 13.4. The Morgan fingerprint density at radius 3 is 2.40 bits per heavy atom. The first-order chi connectivity index (χ1) is 13.9. The summed E-state index contributed by atoms with van der Waals surface area (Å²) < 4.78 is 7.25. The number of carbonyl (C=O) groups excluding carboxylic acids is 1. The fourth-order valence-electron chi connectivity index (χ4n) is 3.27. The molecule has 1 heterocycles. The first-order valence-electron chi connectivity index (χ1n) is 9.60. The minimum absolute atomic E-state index is 0. The van der Waals surface area contributed by atoms with Crippen molar-refractivity contribution in [3.8, 4) is 22.7 Å². The maximum atomic E-state index is 13.4. The highest BCUT2D eigenvalue weighted by molar-refractivity contribution is 6.00. The first kappa shape index (κ1) is 23.4. The van der Waals surface area contributed by atoms with Gasteiger partial charge in [0.25, 0.3) is 5.91 Å². The minimum Gasteiger partial charge on any atom is -0.496 e. The number of ether oxygens (including phenoxy) is 1. The molecule has 30 heavy (non-hydrogen) atoms. The molecule has 0 saturated heterocycles. The van der Waals surface area contributed by atoms with Crippen molar-refractivity contribution in [2.45, 2.75) is 13.8 Å². The van der Waals surface area contributed by atoms with Crippen molar-refractivity contribution in [1.29, 1.82) is 0 Å². The third-order valence-corrected chi connectivity index (χ3v) is 4.89. The summed E-state index contributed by atoms with van der Waals surface area (Å²) in [5, 5.41) is 4.74. The summed E-state index contributed by atoms with van der Waals surface area (Å²) in [6.45, 7) is 5.13. The predicted molar refractivity (Wildman–Crippen MR) is 123 cm³/mol. The number of hydrogen-bond donors (Lipinski definition) is 1. The highest BCUT2D eigenvalue weighted by Crippen LogP contribution is 2.32. The van der Waals surface area contributed by atoms with E-state index in [1.165, 1.54) is 0 Å². The summed E-state index contributed by atoms with van der Waals surface area (Å²) in [6.07, 6.45) is 1.78. The first-order valence-corrected chi connectivity index (χ1v) is 9.60. The summed E-state index contributed by atoms with van der Waals surface area (Å²) in [4.78, 5) is 15.1. The van der Waals surface area contributed by atoms with Gasteiger partial charge in [0.05, 0.1) is 18.4 Å². The Hall–Kier alpha value is -2.83. The molecule has 0 radical (unpaired) electrons. The second-order valence-electron chi connectivity index (χ2n) is 7.90. The molecule has 1 amide bonds. The third-order valence-electron chi connectivity index (χ3n) is 4.89. The highest BCUT2D eigenvalue weighted by Gasteiger charge is 2.27. The molecule has 0 aliphatic rings. The number of hydrogen-bond acceptors (Lipinski definition) is 4. The molecule has 0 aliphatic carbocycles. The molecule has 3 aromatic rings. The van der Waals surface area contributed by atoms with Crippen LogP contribution in [0.15, 0.2) is 60.8 Å². The van der Waals surface area contributed by atoms with Crippen LogP contribution in [0.2, 0.25) is 0 Å². The summed E-state index contributed by atoms with van der Waals surface area (Å²) >= 11 is 0. The van der Waals surface area contributed by atoms with E-state index >= 15 is 0 Å². The number of nitrogens with two attached hydrogens (primary N) is 1. The second-order valence-corrected chi connectivity index (χ2v) is 7.90. The fourth-order valence-corrected chi connectivity index (χ4v) is 3.27. The Balaban J connectivity index is 0.00000320. The average Bonchev–Trinajstić information content (AvgIpc) is 3.18. The van der Waals surface area contributed by atoms with Crippen molar-refractivity contribution >= 4 is 18.3 Å². The quantitative estimate of drug-likeness (QED) is 0.616. The van der Waals surface area contributed by atoms with Crippen molar-refractivity contribution in [3.05, 3.63) is 66.4 Å². The van der Waals surface area contributed by atoms with Crippen LogP contribution in [0.3, 0.4) is 0 Å². The fraction of sp³-hybridized carbons (Fsp3) is 0.304. The number of benzene rings is 2. The summed E-state index contributed by atoms with van der Waals surface area (Å²) in [7, 11) is 3.41. The summed E-state index contributed by atoms with van der Waals surface area (Å²) in [5.74, 6) is 0.569. The molecule has 0 aliphatic heterocycles. The molecule has 0 bridgehead atoms. The standard InChI is InChI=1S/C23H28N4O2.ClH/c1-23(2,15-24)16-26(3)22(28)19-14-27(17-10-6-5-7-11-17)25-21(19)18-12-8-9-13-20(18)29-4;/h5-14H,15-16,24H2,1-4H3;1H. The van der Waals surface area contributed by atoms with Crippen molar-refractivity contribution in [2.75, 3.05) is 27.2 Å². The lowest BCUT2D eigenvalue weighted by Gasteiger charge is -2.29. The molecule has 2 aromatic carbocycles. The smallest absolute Gasteiger partial charge is 0.257 e. The topological polar surface area (TPSA) is 73.4 Å². The van der Waals surface area contributed by atoms with Crippen LogP contribution in [-0.4, -0.2) is 47.8 Å². The van der Waals surface area contributed by atoms with Gasteiger partial charge in [-0.15, -0.1) is 12.4 Å². The number of rotatable bonds is 7. The van der Waals surface area contributed by atoms with Gasteiger partial charge < -0.3 is 15.4 Å². The number of aromatic nitrogens is 2. The molecule has 3 rings (SSSR count). The molecule has 0 fully saturated rings. The molecule has 0 saturated carbocycles. The number of halogens is 1. The van der Waals surface area contributed by atoms with E-state index in [1.807, 2.05) is 68.4 Å². The van der Waals surface area contributed by atoms with Crippen LogP contribution in [0.5, 0.6) is 5.75 Å². The number of methoxy groups -OCH3 is 1. The molecule has 7 heteroatoms. The lowest BCUT2D eigenvalue weighted by Crippen LogP contribution is -2.39. The maximum Gasteiger partial charge on any atom is 0.257 e. The van der Waals surface area contributed by atoms with Gasteiger partial charge in [-0.25, -0.2) is 4.68 Å². The van der Waals surface area contributed by atoms with Crippen LogP contribution in [0, 0.1) is 5.41 Å². The third kappa shape index (κ3) is 5.01. The zero-order chi connectivity index (χ0) is 21.0. The molecular formula is C23H29ClN4O2. The van der Waals surface area contributed by atoms with Gasteiger partial charge in [0.15, 0.2) is 0 Å². The largest absolute Gasteiger partial charge is 0.496 e. The molecule has 0 atom stereocenters. The Bertz CT molecular complexity index is 986. The van der Waals surface area contributed by atoms with Crippen molar-refractivity contribution in [2.24, 2.45) is 11.1 Å². The molecule has 0 spiro atoms. The van der Waals surface area contributed by atoms with E-state index in [-0.39, 0.29) is 23.7 Å². The molecule has 0 unspecified atom stereocenters. The van der Waals surface area contributed by atoms with Crippen LogP contribution < -0.4 is 10.5 Å². The van der Waals surface area contributed by atoms with E-state index in [9.17, 15) is 4.79 Å². The molecule has 2 N–H and O–H groups in total. The van der Waals surface area contributed by atoms with Crippen LogP contribution in [0.1, 0.15) is 24.2 Å².